The Hall–Kier alpha value is -3.02. The van der Waals surface area contributed by atoms with Gasteiger partial charge in [-0.3, -0.25) is 9.59 Å². The average molecular weight is 423 g/mol. The maximum atomic E-state index is 13.0. The van der Waals surface area contributed by atoms with Crippen LogP contribution in [0.4, 0.5) is 0 Å². The van der Waals surface area contributed by atoms with Crippen LogP contribution in [0.15, 0.2) is 48.5 Å². The summed E-state index contributed by atoms with van der Waals surface area (Å²) in [4.78, 5) is 27.3. The fourth-order valence-corrected chi connectivity index (χ4v) is 4.30. The van der Waals surface area contributed by atoms with Gasteiger partial charge in [-0.15, -0.1) is 0 Å². The van der Waals surface area contributed by atoms with Crippen molar-refractivity contribution in [3.63, 3.8) is 0 Å². The Morgan fingerprint density at radius 3 is 2.52 bits per heavy atom. The molecule has 2 amide bonds. The van der Waals surface area contributed by atoms with E-state index < -0.39 is 0 Å². The number of likely N-dealkylation sites (tertiary alicyclic amines) is 1. The number of hydrogen-bond acceptors (Lipinski definition) is 4. The Kier molecular flexibility index (Phi) is 6.44. The SMILES string of the molecule is COc1ccc(CCN2C[C@H](C(=O)N[C@H](c3ccccc3)C3CC3)CC2=O)cc1OC. The highest BCUT2D eigenvalue weighted by molar-refractivity contribution is 5.89. The maximum absolute atomic E-state index is 13.0. The second-order valence-corrected chi connectivity index (χ2v) is 8.41. The number of nitrogens with zero attached hydrogens (tertiary/aromatic N) is 1. The zero-order chi connectivity index (χ0) is 21.8. The third-order valence-corrected chi connectivity index (χ3v) is 6.25. The van der Waals surface area contributed by atoms with Gasteiger partial charge in [0.25, 0.3) is 0 Å². The Morgan fingerprint density at radius 2 is 1.84 bits per heavy atom. The molecule has 1 aliphatic carbocycles. The number of amides is 2. The normalized spacial score (nSPS) is 19.2. The van der Waals surface area contributed by atoms with E-state index in [-0.39, 0.29) is 30.2 Å². The van der Waals surface area contributed by atoms with Crippen molar-refractivity contribution >= 4 is 11.8 Å². The number of carbonyl (C=O) groups excluding carboxylic acids is 2. The Bertz CT molecular complexity index is 926. The minimum Gasteiger partial charge on any atom is -0.493 e. The van der Waals surface area contributed by atoms with Crippen LogP contribution in [-0.2, 0) is 16.0 Å². The van der Waals surface area contributed by atoms with Crippen LogP contribution in [0.3, 0.4) is 0 Å². The second kappa shape index (κ2) is 9.41. The van der Waals surface area contributed by atoms with Gasteiger partial charge in [-0.05, 0) is 48.4 Å². The van der Waals surface area contributed by atoms with Gasteiger partial charge < -0.3 is 19.7 Å². The van der Waals surface area contributed by atoms with Gasteiger partial charge in [-0.2, -0.15) is 0 Å². The number of methoxy groups -OCH3 is 2. The predicted octanol–water partition coefficient (Wildman–Crippen LogP) is 3.36. The lowest BCUT2D eigenvalue weighted by Gasteiger charge is -2.21. The molecule has 0 unspecified atom stereocenters. The molecule has 4 rings (SSSR count). The van der Waals surface area contributed by atoms with E-state index in [9.17, 15) is 9.59 Å². The van der Waals surface area contributed by atoms with Gasteiger partial charge in [0, 0.05) is 19.5 Å². The summed E-state index contributed by atoms with van der Waals surface area (Å²) in [5, 5.41) is 3.23. The van der Waals surface area contributed by atoms with Crippen molar-refractivity contribution in [1.29, 1.82) is 0 Å². The lowest BCUT2D eigenvalue weighted by molar-refractivity contribution is -0.129. The van der Waals surface area contributed by atoms with E-state index in [0.29, 0.717) is 36.9 Å². The van der Waals surface area contributed by atoms with Crippen LogP contribution in [0.25, 0.3) is 0 Å². The van der Waals surface area contributed by atoms with Crippen LogP contribution in [-0.4, -0.2) is 44.0 Å². The summed E-state index contributed by atoms with van der Waals surface area (Å²) < 4.78 is 10.6. The van der Waals surface area contributed by atoms with E-state index in [1.54, 1.807) is 19.1 Å². The van der Waals surface area contributed by atoms with Crippen molar-refractivity contribution in [3.05, 3.63) is 59.7 Å². The topological polar surface area (TPSA) is 67.9 Å². The molecule has 1 saturated heterocycles. The molecule has 0 aromatic heterocycles. The van der Waals surface area contributed by atoms with Crippen molar-refractivity contribution in [3.8, 4) is 11.5 Å². The van der Waals surface area contributed by atoms with E-state index in [2.05, 4.69) is 17.4 Å². The van der Waals surface area contributed by atoms with E-state index in [0.717, 1.165) is 24.0 Å². The monoisotopic (exact) mass is 422 g/mol. The van der Waals surface area contributed by atoms with Crippen molar-refractivity contribution in [1.82, 2.24) is 10.2 Å². The summed E-state index contributed by atoms with van der Waals surface area (Å²) in [7, 11) is 3.22. The Balaban J connectivity index is 1.34. The Morgan fingerprint density at radius 1 is 1.10 bits per heavy atom. The first kappa shape index (κ1) is 21.2. The molecule has 1 aliphatic heterocycles. The van der Waals surface area contributed by atoms with E-state index in [1.807, 2.05) is 36.4 Å². The molecule has 2 aromatic carbocycles. The minimum absolute atomic E-state index is 0.0114. The molecule has 1 saturated carbocycles. The van der Waals surface area contributed by atoms with Crippen LogP contribution in [0.5, 0.6) is 11.5 Å². The largest absolute Gasteiger partial charge is 0.493 e. The molecule has 1 heterocycles. The van der Waals surface area contributed by atoms with Gasteiger partial charge in [0.2, 0.25) is 11.8 Å². The van der Waals surface area contributed by atoms with Gasteiger partial charge >= 0.3 is 0 Å². The molecule has 1 N–H and O–H groups in total. The molecule has 31 heavy (non-hydrogen) atoms. The summed E-state index contributed by atoms with van der Waals surface area (Å²) in [5.41, 5.74) is 2.21. The first-order valence-corrected chi connectivity index (χ1v) is 10.9. The van der Waals surface area contributed by atoms with Crippen molar-refractivity contribution in [2.75, 3.05) is 27.3 Å². The van der Waals surface area contributed by atoms with Crippen LogP contribution < -0.4 is 14.8 Å². The van der Waals surface area contributed by atoms with Crippen LogP contribution in [0.2, 0.25) is 0 Å². The molecular weight excluding hydrogens is 392 g/mol. The summed E-state index contributed by atoms with van der Waals surface area (Å²) in [6.07, 6.45) is 3.26. The standard InChI is InChI=1S/C25H30N2O4/c1-30-21-11-8-17(14-22(21)31-2)12-13-27-16-20(15-23(27)28)25(29)26-24(19-9-10-19)18-6-4-3-5-7-18/h3-8,11,14,19-20,24H,9-10,12-13,15-16H2,1-2H3,(H,26,29)/t20-,24-/m1/s1. The molecule has 6 nitrogen and oxygen atoms in total. The van der Waals surface area contributed by atoms with Crippen molar-refractivity contribution < 1.29 is 19.1 Å². The van der Waals surface area contributed by atoms with Gasteiger partial charge in [0.15, 0.2) is 11.5 Å². The summed E-state index contributed by atoms with van der Waals surface area (Å²) in [6, 6.07) is 16.0. The third-order valence-electron chi connectivity index (χ3n) is 6.25. The molecule has 0 bridgehead atoms. The van der Waals surface area contributed by atoms with Gasteiger partial charge in [0.05, 0.1) is 26.2 Å². The van der Waals surface area contributed by atoms with Crippen molar-refractivity contribution in [2.24, 2.45) is 11.8 Å². The van der Waals surface area contributed by atoms with E-state index in [1.165, 1.54) is 0 Å². The van der Waals surface area contributed by atoms with Crippen molar-refractivity contribution in [2.45, 2.75) is 31.7 Å². The number of carbonyl (C=O) groups is 2. The number of ether oxygens (including phenoxy) is 2. The molecule has 164 valence electrons. The molecular formula is C25H30N2O4. The lowest BCUT2D eigenvalue weighted by atomic mass is 10.0. The highest BCUT2D eigenvalue weighted by Gasteiger charge is 2.38. The van der Waals surface area contributed by atoms with Crippen LogP contribution >= 0.6 is 0 Å². The van der Waals surface area contributed by atoms with E-state index in [4.69, 9.17) is 9.47 Å². The molecule has 0 spiro atoms. The lowest BCUT2D eigenvalue weighted by Crippen LogP contribution is -2.36. The van der Waals surface area contributed by atoms with Gasteiger partial charge in [-0.1, -0.05) is 36.4 Å². The summed E-state index contributed by atoms with van der Waals surface area (Å²) in [6.45, 7) is 1.06. The summed E-state index contributed by atoms with van der Waals surface area (Å²) in [5.74, 6) is 1.61. The molecule has 2 aliphatic rings. The third kappa shape index (κ3) is 5.01. The smallest absolute Gasteiger partial charge is 0.225 e. The number of hydrogen-bond donors (Lipinski definition) is 1. The molecule has 2 aromatic rings. The first-order chi connectivity index (χ1) is 15.1. The highest BCUT2D eigenvalue weighted by atomic mass is 16.5. The number of rotatable bonds is 9. The summed E-state index contributed by atoms with van der Waals surface area (Å²) >= 11 is 0. The first-order valence-electron chi connectivity index (χ1n) is 10.9. The van der Waals surface area contributed by atoms with Crippen LogP contribution in [0.1, 0.15) is 36.4 Å². The quantitative estimate of drug-likeness (QED) is 0.673. The average Bonchev–Trinajstić information content (AvgIpc) is 3.58. The molecule has 0 radical (unpaired) electrons. The fraction of sp³-hybridized carbons (Fsp3) is 0.440. The highest BCUT2D eigenvalue weighted by Crippen LogP contribution is 2.41. The predicted molar refractivity (Wildman–Crippen MR) is 118 cm³/mol. The number of nitrogens with one attached hydrogen (secondary N) is 1. The molecule has 2 fully saturated rings. The molecule has 2 atom stereocenters. The van der Waals surface area contributed by atoms with E-state index >= 15 is 0 Å². The minimum atomic E-state index is -0.289. The fourth-order valence-electron chi connectivity index (χ4n) is 4.30. The number of benzene rings is 2. The molecule has 6 heteroatoms. The van der Waals surface area contributed by atoms with Gasteiger partial charge in [0.1, 0.15) is 0 Å². The maximum Gasteiger partial charge on any atom is 0.225 e. The Labute approximate surface area is 183 Å². The second-order valence-electron chi connectivity index (χ2n) is 8.41. The zero-order valence-corrected chi connectivity index (χ0v) is 18.2. The van der Waals surface area contributed by atoms with Gasteiger partial charge in [-0.25, -0.2) is 0 Å². The zero-order valence-electron chi connectivity index (χ0n) is 18.2. The van der Waals surface area contributed by atoms with Crippen LogP contribution in [0, 0.1) is 11.8 Å².